The number of benzene rings is 1. The van der Waals surface area contributed by atoms with E-state index in [0.29, 0.717) is 24.9 Å². The van der Waals surface area contributed by atoms with Gasteiger partial charge < -0.3 is 20.1 Å². The number of aryl methyl sites for hydroxylation is 1. The van der Waals surface area contributed by atoms with E-state index < -0.39 is 0 Å². The summed E-state index contributed by atoms with van der Waals surface area (Å²) in [5, 5.41) is 6.76. The highest BCUT2D eigenvalue weighted by Crippen LogP contribution is 2.30. The van der Waals surface area contributed by atoms with Gasteiger partial charge in [-0.25, -0.2) is 4.98 Å². The van der Waals surface area contributed by atoms with E-state index in [1.54, 1.807) is 0 Å². The van der Waals surface area contributed by atoms with Crippen molar-refractivity contribution >= 4 is 23.1 Å². The Labute approximate surface area is 134 Å². The van der Waals surface area contributed by atoms with E-state index in [-0.39, 0.29) is 0 Å². The van der Waals surface area contributed by atoms with Crippen LogP contribution in [0.4, 0.5) is 5.82 Å². The molecular formula is C16H17N3O2S. The first-order valence-electron chi connectivity index (χ1n) is 7.08. The third kappa shape index (κ3) is 3.65. The van der Waals surface area contributed by atoms with Gasteiger partial charge in [0.05, 0.1) is 0 Å². The smallest absolute Gasteiger partial charge is 0.172 e. The fraction of sp³-hybridized carbons (Fsp3) is 0.250. The van der Waals surface area contributed by atoms with Gasteiger partial charge in [0, 0.05) is 12.2 Å². The summed E-state index contributed by atoms with van der Waals surface area (Å²) in [7, 11) is 0. The van der Waals surface area contributed by atoms with Crippen molar-refractivity contribution in [2.45, 2.75) is 13.5 Å². The minimum atomic E-state index is 0.535. The number of ether oxygens (including phenoxy) is 2. The maximum atomic E-state index is 5.57. The molecule has 2 heterocycles. The maximum absolute atomic E-state index is 5.57. The highest BCUT2D eigenvalue weighted by molar-refractivity contribution is 7.80. The fourth-order valence-electron chi connectivity index (χ4n) is 2.15. The van der Waals surface area contributed by atoms with Crippen LogP contribution in [-0.4, -0.2) is 23.3 Å². The number of hydrogen-bond donors (Lipinski definition) is 2. The summed E-state index contributed by atoms with van der Waals surface area (Å²) in [6.07, 6.45) is 0. The van der Waals surface area contributed by atoms with Crippen molar-refractivity contribution in [1.29, 1.82) is 0 Å². The molecule has 0 unspecified atom stereocenters. The van der Waals surface area contributed by atoms with Crippen LogP contribution < -0.4 is 20.1 Å². The molecule has 0 atom stereocenters. The van der Waals surface area contributed by atoms with Gasteiger partial charge in [-0.2, -0.15) is 0 Å². The Morgan fingerprint density at radius 1 is 1.18 bits per heavy atom. The molecule has 1 aliphatic heterocycles. The Bertz CT molecular complexity index is 691. The molecule has 0 spiro atoms. The number of thiocarbonyl (C=S) groups is 1. The van der Waals surface area contributed by atoms with Crippen LogP contribution in [0.15, 0.2) is 36.4 Å². The van der Waals surface area contributed by atoms with Crippen LogP contribution in [0.3, 0.4) is 0 Å². The standard InChI is InChI=1S/C16H17N3O2S/c1-11-3-2-4-15(18-11)19-16(22)17-10-12-5-6-13-14(9-12)21-8-7-20-13/h2-6,9H,7-8,10H2,1H3,(H2,17,18,19,22). The first kappa shape index (κ1) is 14.6. The van der Waals surface area contributed by atoms with Crippen molar-refractivity contribution in [3.8, 4) is 11.5 Å². The minimum absolute atomic E-state index is 0.535. The van der Waals surface area contributed by atoms with E-state index in [1.165, 1.54) is 0 Å². The van der Waals surface area contributed by atoms with Crippen LogP contribution in [0, 0.1) is 6.92 Å². The topological polar surface area (TPSA) is 55.4 Å². The van der Waals surface area contributed by atoms with Gasteiger partial charge in [-0.15, -0.1) is 0 Å². The Morgan fingerprint density at radius 3 is 2.82 bits per heavy atom. The molecule has 2 N–H and O–H groups in total. The lowest BCUT2D eigenvalue weighted by Crippen LogP contribution is -2.28. The van der Waals surface area contributed by atoms with Crippen LogP contribution in [0.5, 0.6) is 11.5 Å². The quantitative estimate of drug-likeness (QED) is 0.849. The van der Waals surface area contributed by atoms with Gasteiger partial charge in [0.25, 0.3) is 0 Å². The number of nitrogens with zero attached hydrogens (tertiary/aromatic N) is 1. The molecule has 0 saturated carbocycles. The van der Waals surface area contributed by atoms with Crippen LogP contribution >= 0.6 is 12.2 Å². The first-order valence-corrected chi connectivity index (χ1v) is 7.48. The molecule has 2 aromatic rings. The van der Waals surface area contributed by atoms with E-state index in [9.17, 15) is 0 Å². The van der Waals surface area contributed by atoms with Crippen LogP contribution in [0.25, 0.3) is 0 Å². The lowest BCUT2D eigenvalue weighted by molar-refractivity contribution is 0.171. The second-order valence-corrected chi connectivity index (χ2v) is 5.36. The van der Waals surface area contributed by atoms with Crippen LogP contribution in [-0.2, 0) is 6.54 Å². The molecule has 114 valence electrons. The molecule has 0 amide bonds. The molecule has 0 bridgehead atoms. The van der Waals surface area contributed by atoms with E-state index in [2.05, 4.69) is 15.6 Å². The van der Waals surface area contributed by atoms with Gasteiger partial charge in [-0.1, -0.05) is 12.1 Å². The largest absolute Gasteiger partial charge is 0.486 e. The van der Waals surface area contributed by atoms with E-state index in [0.717, 1.165) is 28.6 Å². The second-order valence-electron chi connectivity index (χ2n) is 4.95. The second kappa shape index (κ2) is 6.62. The molecule has 3 rings (SSSR count). The van der Waals surface area contributed by atoms with E-state index in [4.69, 9.17) is 21.7 Å². The number of pyridine rings is 1. The number of aromatic nitrogens is 1. The molecule has 5 nitrogen and oxygen atoms in total. The van der Waals surface area contributed by atoms with Gasteiger partial charge in [-0.05, 0) is 49.0 Å². The van der Waals surface area contributed by atoms with Crippen molar-refractivity contribution in [2.24, 2.45) is 0 Å². The Hall–Kier alpha value is -2.34. The van der Waals surface area contributed by atoms with E-state index >= 15 is 0 Å². The Balaban J connectivity index is 1.57. The molecule has 0 aliphatic carbocycles. The normalized spacial score (nSPS) is 12.6. The average Bonchev–Trinajstić information content (AvgIpc) is 2.53. The third-order valence-corrected chi connectivity index (χ3v) is 3.44. The highest BCUT2D eigenvalue weighted by atomic mass is 32.1. The van der Waals surface area contributed by atoms with Crippen LogP contribution in [0.2, 0.25) is 0 Å². The number of anilines is 1. The minimum Gasteiger partial charge on any atom is -0.486 e. The lowest BCUT2D eigenvalue weighted by atomic mass is 10.2. The van der Waals surface area contributed by atoms with Gasteiger partial charge in [0.2, 0.25) is 0 Å². The monoisotopic (exact) mass is 315 g/mol. The molecule has 22 heavy (non-hydrogen) atoms. The molecule has 1 aliphatic rings. The predicted molar refractivity (Wildman–Crippen MR) is 89.5 cm³/mol. The summed E-state index contributed by atoms with van der Waals surface area (Å²) in [5.41, 5.74) is 2.02. The number of rotatable bonds is 3. The van der Waals surface area contributed by atoms with Crippen molar-refractivity contribution in [1.82, 2.24) is 10.3 Å². The van der Waals surface area contributed by atoms with Crippen molar-refractivity contribution in [3.63, 3.8) is 0 Å². The zero-order valence-corrected chi connectivity index (χ0v) is 13.1. The molecule has 0 radical (unpaired) electrons. The predicted octanol–water partition coefficient (Wildman–Crippen LogP) is 2.65. The number of nitrogens with one attached hydrogen (secondary N) is 2. The fourth-order valence-corrected chi connectivity index (χ4v) is 2.33. The SMILES string of the molecule is Cc1cccc(NC(=S)NCc2ccc3c(c2)OCCO3)n1. The van der Waals surface area contributed by atoms with Gasteiger partial charge in [0.1, 0.15) is 19.0 Å². The molecular weight excluding hydrogens is 298 g/mol. The summed E-state index contributed by atoms with van der Waals surface area (Å²) in [6, 6.07) is 11.6. The summed E-state index contributed by atoms with van der Waals surface area (Å²) in [5.74, 6) is 2.31. The van der Waals surface area contributed by atoms with Crippen molar-refractivity contribution in [2.75, 3.05) is 18.5 Å². The summed E-state index contributed by atoms with van der Waals surface area (Å²) in [4.78, 5) is 4.35. The maximum Gasteiger partial charge on any atom is 0.172 e. The molecule has 0 saturated heterocycles. The molecule has 1 aromatic carbocycles. The zero-order valence-electron chi connectivity index (χ0n) is 12.3. The summed E-state index contributed by atoms with van der Waals surface area (Å²) < 4.78 is 11.1. The summed E-state index contributed by atoms with van der Waals surface area (Å²) >= 11 is 5.28. The molecule has 6 heteroatoms. The first-order chi connectivity index (χ1) is 10.7. The van der Waals surface area contributed by atoms with Gasteiger partial charge in [-0.3, -0.25) is 0 Å². The van der Waals surface area contributed by atoms with Crippen molar-refractivity contribution < 1.29 is 9.47 Å². The third-order valence-electron chi connectivity index (χ3n) is 3.19. The average molecular weight is 315 g/mol. The lowest BCUT2D eigenvalue weighted by Gasteiger charge is -2.19. The number of fused-ring (bicyclic) bond motifs is 1. The van der Waals surface area contributed by atoms with E-state index in [1.807, 2.05) is 43.3 Å². The Kier molecular flexibility index (Phi) is 4.39. The number of hydrogen-bond acceptors (Lipinski definition) is 4. The van der Waals surface area contributed by atoms with Crippen LogP contribution in [0.1, 0.15) is 11.3 Å². The highest BCUT2D eigenvalue weighted by Gasteiger charge is 2.11. The Morgan fingerprint density at radius 2 is 2.00 bits per heavy atom. The van der Waals surface area contributed by atoms with Gasteiger partial charge in [0.15, 0.2) is 16.6 Å². The van der Waals surface area contributed by atoms with Gasteiger partial charge >= 0.3 is 0 Å². The zero-order chi connectivity index (χ0) is 15.4. The summed E-state index contributed by atoms with van der Waals surface area (Å²) in [6.45, 7) is 3.73. The molecule has 1 aromatic heterocycles. The molecule has 0 fully saturated rings. The van der Waals surface area contributed by atoms with Crippen molar-refractivity contribution in [3.05, 3.63) is 47.7 Å².